The van der Waals surface area contributed by atoms with Crippen molar-refractivity contribution >= 4 is 35.2 Å². The van der Waals surface area contributed by atoms with Crippen molar-refractivity contribution < 1.29 is 23.9 Å². The van der Waals surface area contributed by atoms with Crippen molar-refractivity contribution in [3.8, 4) is 17.2 Å². The number of hydrogen-bond acceptors (Lipinski definition) is 8. The third-order valence-electron chi connectivity index (χ3n) is 3.90. The highest BCUT2D eigenvalue weighted by molar-refractivity contribution is 8.19. The molecule has 0 aliphatic carbocycles. The van der Waals surface area contributed by atoms with Crippen molar-refractivity contribution in [3.05, 3.63) is 57.6 Å². The summed E-state index contributed by atoms with van der Waals surface area (Å²) in [6.07, 6.45) is 0. The lowest BCUT2D eigenvalue weighted by molar-refractivity contribution is -0.385. The van der Waals surface area contributed by atoms with Crippen LogP contribution in [0, 0.1) is 10.1 Å². The predicted octanol–water partition coefficient (Wildman–Crippen LogP) is 4.31. The summed E-state index contributed by atoms with van der Waals surface area (Å²) in [5, 5.41) is 11.1. The summed E-state index contributed by atoms with van der Waals surface area (Å²) in [4.78, 5) is 23.0. The van der Waals surface area contributed by atoms with Crippen molar-refractivity contribution in [2.75, 3.05) is 25.7 Å². The molecule has 0 atom stereocenters. The molecule has 9 heteroatoms. The van der Waals surface area contributed by atoms with Gasteiger partial charge in [-0.15, -0.1) is 23.5 Å². The second-order valence-electron chi connectivity index (χ2n) is 5.52. The van der Waals surface area contributed by atoms with Crippen molar-refractivity contribution in [3.63, 3.8) is 0 Å². The largest absolute Gasteiger partial charge is 0.493 e. The predicted molar refractivity (Wildman–Crippen MR) is 105 cm³/mol. The average molecular weight is 407 g/mol. The minimum absolute atomic E-state index is 0.0514. The van der Waals surface area contributed by atoms with Gasteiger partial charge >= 0.3 is 11.7 Å². The molecule has 0 saturated carbocycles. The normalized spacial score (nSPS) is 14.0. The maximum atomic E-state index is 12.4. The quantitative estimate of drug-likeness (QED) is 0.303. The molecule has 2 aromatic carbocycles. The minimum Gasteiger partial charge on any atom is -0.493 e. The SMILES string of the molecule is COc1cc(C2SCCS2)ccc1OC(=O)c1ccc(OC)c([N+](=O)[O-])c1. The summed E-state index contributed by atoms with van der Waals surface area (Å²) < 4.78 is 16.0. The molecule has 3 rings (SSSR count). The van der Waals surface area contributed by atoms with E-state index in [-0.39, 0.29) is 22.7 Å². The van der Waals surface area contributed by atoms with Crippen LogP contribution in [0.25, 0.3) is 0 Å². The van der Waals surface area contributed by atoms with Gasteiger partial charge in [-0.05, 0) is 29.8 Å². The Kier molecular flexibility index (Phi) is 6.12. The fraction of sp³-hybridized carbons (Fsp3) is 0.278. The Morgan fingerprint density at radius 2 is 1.70 bits per heavy atom. The second kappa shape index (κ2) is 8.53. The molecule has 0 unspecified atom stereocenters. The van der Waals surface area contributed by atoms with Crippen LogP contribution in [0.4, 0.5) is 5.69 Å². The standard InChI is InChI=1S/C18H17NO6S2/c1-23-14-5-3-11(9-13(14)19(21)22)17(20)25-15-6-4-12(10-16(15)24-2)18-26-7-8-27-18/h3-6,9-10,18H,7-8H2,1-2H3. The topological polar surface area (TPSA) is 87.9 Å². The van der Waals surface area contributed by atoms with Crippen molar-refractivity contribution in [1.29, 1.82) is 0 Å². The first-order chi connectivity index (χ1) is 13.0. The Morgan fingerprint density at radius 1 is 1.04 bits per heavy atom. The summed E-state index contributed by atoms with van der Waals surface area (Å²) in [5.41, 5.74) is 0.847. The molecule has 7 nitrogen and oxygen atoms in total. The molecule has 0 spiro atoms. The zero-order valence-corrected chi connectivity index (χ0v) is 16.3. The van der Waals surface area contributed by atoms with E-state index < -0.39 is 10.9 Å². The Bertz CT molecular complexity index is 867. The van der Waals surface area contributed by atoms with Crippen LogP contribution in [0.5, 0.6) is 17.2 Å². The van der Waals surface area contributed by atoms with Gasteiger partial charge < -0.3 is 14.2 Å². The number of nitro benzene ring substituents is 1. The van der Waals surface area contributed by atoms with Crippen molar-refractivity contribution in [2.45, 2.75) is 4.58 Å². The first kappa shape index (κ1) is 19.4. The highest BCUT2D eigenvalue weighted by atomic mass is 32.2. The molecule has 2 aromatic rings. The van der Waals surface area contributed by atoms with E-state index in [2.05, 4.69) is 0 Å². The number of rotatable bonds is 6. The number of benzene rings is 2. The zero-order chi connectivity index (χ0) is 19.4. The molecule has 27 heavy (non-hydrogen) atoms. The molecule has 0 amide bonds. The molecule has 142 valence electrons. The zero-order valence-electron chi connectivity index (χ0n) is 14.7. The molecule has 1 aliphatic rings. The van der Waals surface area contributed by atoms with E-state index >= 15 is 0 Å². The first-order valence-electron chi connectivity index (χ1n) is 7.99. The lowest BCUT2D eigenvalue weighted by Crippen LogP contribution is -2.10. The molecule has 0 N–H and O–H groups in total. The summed E-state index contributed by atoms with van der Waals surface area (Å²) in [7, 11) is 2.83. The third kappa shape index (κ3) is 4.30. The first-order valence-corrected chi connectivity index (χ1v) is 10.1. The van der Waals surface area contributed by atoms with Crippen LogP contribution in [-0.2, 0) is 0 Å². The fourth-order valence-corrected chi connectivity index (χ4v) is 5.42. The van der Waals surface area contributed by atoms with Crippen LogP contribution < -0.4 is 14.2 Å². The van der Waals surface area contributed by atoms with Gasteiger partial charge in [-0.2, -0.15) is 0 Å². The summed E-state index contributed by atoms with van der Waals surface area (Å²) in [6, 6.07) is 9.36. The number of methoxy groups -OCH3 is 2. The number of esters is 1. The van der Waals surface area contributed by atoms with Crippen molar-refractivity contribution in [2.24, 2.45) is 0 Å². The number of carbonyl (C=O) groups excluding carboxylic acids is 1. The second-order valence-corrected chi connectivity index (χ2v) is 8.24. The number of nitro groups is 1. The highest BCUT2D eigenvalue weighted by Gasteiger charge is 2.22. The minimum atomic E-state index is -0.712. The molecule has 0 bridgehead atoms. The van der Waals surface area contributed by atoms with Gasteiger partial charge in [0.1, 0.15) is 0 Å². The van der Waals surface area contributed by atoms with Crippen LogP contribution in [-0.4, -0.2) is 36.6 Å². The lowest BCUT2D eigenvalue weighted by Gasteiger charge is -2.13. The summed E-state index contributed by atoms with van der Waals surface area (Å²) in [5.74, 6) is 2.27. The Balaban J connectivity index is 1.83. The highest BCUT2D eigenvalue weighted by Crippen LogP contribution is 2.47. The van der Waals surface area contributed by atoms with Gasteiger partial charge in [0, 0.05) is 17.6 Å². The van der Waals surface area contributed by atoms with E-state index in [0.29, 0.717) is 10.3 Å². The number of ether oxygens (including phenoxy) is 3. The van der Waals surface area contributed by atoms with Crippen LogP contribution in [0.15, 0.2) is 36.4 Å². The van der Waals surface area contributed by atoms with Crippen LogP contribution >= 0.6 is 23.5 Å². The van der Waals surface area contributed by atoms with Gasteiger partial charge in [-0.25, -0.2) is 4.79 Å². The molecular formula is C18H17NO6S2. The van der Waals surface area contributed by atoms with E-state index in [9.17, 15) is 14.9 Å². The van der Waals surface area contributed by atoms with Gasteiger partial charge in [0.2, 0.25) is 0 Å². The molecular weight excluding hydrogens is 390 g/mol. The molecule has 1 saturated heterocycles. The maximum absolute atomic E-state index is 12.4. The van der Waals surface area contributed by atoms with Gasteiger partial charge in [0.25, 0.3) is 0 Å². The Morgan fingerprint density at radius 3 is 2.33 bits per heavy atom. The van der Waals surface area contributed by atoms with Crippen LogP contribution in [0.2, 0.25) is 0 Å². The molecule has 0 aromatic heterocycles. The maximum Gasteiger partial charge on any atom is 0.343 e. The molecule has 1 heterocycles. The van der Waals surface area contributed by atoms with E-state index in [1.807, 2.05) is 35.7 Å². The fourth-order valence-electron chi connectivity index (χ4n) is 2.58. The Labute approximate surface area is 164 Å². The van der Waals surface area contributed by atoms with E-state index in [1.165, 1.54) is 26.4 Å². The number of carbonyl (C=O) groups is 1. The van der Waals surface area contributed by atoms with Gasteiger partial charge in [0.15, 0.2) is 17.2 Å². The third-order valence-corrected chi connectivity index (χ3v) is 7.00. The molecule has 0 radical (unpaired) electrons. The van der Waals surface area contributed by atoms with Crippen molar-refractivity contribution in [1.82, 2.24) is 0 Å². The number of hydrogen-bond donors (Lipinski definition) is 0. The number of nitrogens with zero attached hydrogens (tertiary/aromatic N) is 1. The average Bonchev–Trinajstić information content (AvgIpc) is 3.22. The van der Waals surface area contributed by atoms with E-state index in [4.69, 9.17) is 14.2 Å². The lowest BCUT2D eigenvalue weighted by atomic mass is 10.2. The smallest absolute Gasteiger partial charge is 0.343 e. The number of thioether (sulfide) groups is 2. The Hall–Kier alpha value is -2.39. The van der Waals surface area contributed by atoms with Gasteiger partial charge in [0.05, 0.1) is 29.3 Å². The van der Waals surface area contributed by atoms with Gasteiger partial charge in [-0.1, -0.05) is 6.07 Å². The van der Waals surface area contributed by atoms with E-state index in [0.717, 1.165) is 23.1 Å². The van der Waals surface area contributed by atoms with Crippen LogP contribution in [0.1, 0.15) is 20.5 Å². The monoisotopic (exact) mass is 407 g/mol. The molecule has 1 aliphatic heterocycles. The summed E-state index contributed by atoms with van der Waals surface area (Å²) in [6.45, 7) is 0. The summed E-state index contributed by atoms with van der Waals surface area (Å²) >= 11 is 3.73. The van der Waals surface area contributed by atoms with Crippen LogP contribution in [0.3, 0.4) is 0 Å². The van der Waals surface area contributed by atoms with E-state index in [1.54, 1.807) is 6.07 Å². The van der Waals surface area contributed by atoms with Gasteiger partial charge in [-0.3, -0.25) is 10.1 Å². The molecule has 1 fully saturated rings.